The van der Waals surface area contributed by atoms with Crippen LogP contribution in [0.3, 0.4) is 0 Å². The van der Waals surface area contributed by atoms with Crippen molar-refractivity contribution < 1.29 is 0 Å². The Labute approximate surface area is 124 Å². The minimum atomic E-state index is 0.771. The molecule has 3 nitrogen and oxygen atoms in total. The first-order chi connectivity index (χ1) is 9.70. The second kappa shape index (κ2) is 5.49. The molecule has 1 aliphatic rings. The number of anilines is 1. The molecule has 20 heavy (non-hydrogen) atoms. The predicted molar refractivity (Wildman–Crippen MR) is 84.1 cm³/mol. The highest BCUT2D eigenvalue weighted by atomic mass is 35.5. The zero-order chi connectivity index (χ0) is 14.1. The van der Waals surface area contributed by atoms with E-state index in [4.69, 9.17) is 16.7 Å². The quantitative estimate of drug-likeness (QED) is 0.900. The molecule has 0 spiro atoms. The minimum Gasteiger partial charge on any atom is -0.370 e. The third-order valence-electron chi connectivity index (χ3n) is 3.93. The number of nitrogens with zero attached hydrogens (tertiary/aromatic N) is 2. The van der Waals surface area contributed by atoms with Crippen LogP contribution in [-0.2, 0) is 12.8 Å². The smallest absolute Gasteiger partial charge is 0.133 e. The maximum atomic E-state index is 6.06. The highest BCUT2D eigenvalue weighted by molar-refractivity contribution is 6.30. The molecule has 4 heteroatoms. The molecule has 2 aromatic rings. The van der Waals surface area contributed by atoms with Crippen LogP contribution in [0.4, 0.5) is 5.82 Å². The maximum absolute atomic E-state index is 6.06. The molecule has 0 saturated heterocycles. The molecule has 1 aliphatic heterocycles. The van der Waals surface area contributed by atoms with Gasteiger partial charge in [-0.05, 0) is 56.4 Å². The number of hydrogen-bond donors (Lipinski definition) is 1. The van der Waals surface area contributed by atoms with Crippen LogP contribution in [0, 0.1) is 6.92 Å². The average Bonchev–Trinajstić information content (AvgIpc) is 2.60. The van der Waals surface area contributed by atoms with E-state index in [1.54, 1.807) is 0 Å². The Hall–Kier alpha value is -1.48. The minimum absolute atomic E-state index is 0.771. The van der Waals surface area contributed by atoms with E-state index < -0.39 is 0 Å². The zero-order valence-corrected chi connectivity index (χ0v) is 12.8. The first-order valence-electron chi connectivity index (χ1n) is 7.32. The SMILES string of the molecule is CCc1nn(-c2ccc(Cl)cc2C)c2c1CCCCN2. The molecule has 0 saturated carbocycles. The van der Waals surface area contributed by atoms with Crippen molar-refractivity contribution in [2.45, 2.75) is 39.5 Å². The van der Waals surface area contributed by atoms with E-state index in [2.05, 4.69) is 29.9 Å². The summed E-state index contributed by atoms with van der Waals surface area (Å²) in [5.41, 5.74) is 4.86. The molecule has 1 N–H and O–H groups in total. The lowest BCUT2D eigenvalue weighted by atomic mass is 10.1. The molecule has 0 radical (unpaired) electrons. The summed E-state index contributed by atoms with van der Waals surface area (Å²) < 4.78 is 2.06. The number of aryl methyl sites for hydroxylation is 2. The number of aromatic nitrogens is 2. The van der Waals surface area contributed by atoms with E-state index in [1.807, 2.05) is 12.1 Å². The second-order valence-electron chi connectivity index (χ2n) is 5.35. The molecule has 1 aromatic carbocycles. The summed E-state index contributed by atoms with van der Waals surface area (Å²) in [6, 6.07) is 5.98. The lowest BCUT2D eigenvalue weighted by Gasteiger charge is -2.11. The van der Waals surface area contributed by atoms with Crippen LogP contribution in [0.2, 0.25) is 5.02 Å². The molecule has 0 bridgehead atoms. The summed E-state index contributed by atoms with van der Waals surface area (Å²) in [7, 11) is 0. The van der Waals surface area contributed by atoms with Crippen LogP contribution in [0.25, 0.3) is 5.69 Å². The van der Waals surface area contributed by atoms with Crippen molar-refractivity contribution in [2.24, 2.45) is 0 Å². The Bertz CT molecular complexity index is 631. The summed E-state index contributed by atoms with van der Waals surface area (Å²) in [5.74, 6) is 1.17. The monoisotopic (exact) mass is 289 g/mol. The third kappa shape index (κ3) is 2.31. The Kier molecular flexibility index (Phi) is 3.70. The molecule has 0 fully saturated rings. The van der Waals surface area contributed by atoms with E-state index in [9.17, 15) is 0 Å². The highest BCUT2D eigenvalue weighted by Crippen LogP contribution is 2.30. The first-order valence-corrected chi connectivity index (χ1v) is 7.69. The maximum Gasteiger partial charge on any atom is 0.133 e. The molecule has 106 valence electrons. The van der Waals surface area contributed by atoms with Gasteiger partial charge in [-0.1, -0.05) is 18.5 Å². The van der Waals surface area contributed by atoms with Gasteiger partial charge in [-0.15, -0.1) is 0 Å². The second-order valence-corrected chi connectivity index (χ2v) is 5.79. The fraction of sp³-hybridized carbons (Fsp3) is 0.438. The van der Waals surface area contributed by atoms with Crippen LogP contribution in [0.15, 0.2) is 18.2 Å². The van der Waals surface area contributed by atoms with Gasteiger partial charge in [0.15, 0.2) is 0 Å². The molecular formula is C16H20ClN3. The fourth-order valence-electron chi connectivity index (χ4n) is 2.89. The number of fused-ring (bicyclic) bond motifs is 1. The standard InChI is InChI=1S/C16H20ClN3/c1-3-14-13-6-4-5-9-18-16(13)20(19-14)15-8-7-12(17)10-11(15)2/h7-8,10,18H,3-6,9H2,1-2H3. The Morgan fingerprint density at radius 1 is 1.35 bits per heavy atom. The van der Waals surface area contributed by atoms with E-state index in [1.165, 1.54) is 29.9 Å². The normalized spacial score (nSPS) is 14.6. The number of nitrogens with one attached hydrogen (secondary N) is 1. The van der Waals surface area contributed by atoms with Crippen LogP contribution < -0.4 is 5.32 Å². The van der Waals surface area contributed by atoms with Crippen LogP contribution >= 0.6 is 11.6 Å². The van der Waals surface area contributed by atoms with Gasteiger partial charge in [0.05, 0.1) is 11.4 Å². The van der Waals surface area contributed by atoms with Crippen molar-refractivity contribution in [3.8, 4) is 5.69 Å². The molecule has 1 aromatic heterocycles. The molecule has 0 amide bonds. The van der Waals surface area contributed by atoms with Gasteiger partial charge in [-0.25, -0.2) is 4.68 Å². The summed E-state index contributed by atoms with van der Waals surface area (Å²) in [6.45, 7) is 5.28. The average molecular weight is 290 g/mol. The van der Waals surface area contributed by atoms with Gasteiger partial charge in [-0.3, -0.25) is 0 Å². The van der Waals surface area contributed by atoms with Gasteiger partial charge < -0.3 is 5.32 Å². The van der Waals surface area contributed by atoms with Crippen molar-refractivity contribution in [3.05, 3.63) is 40.0 Å². The van der Waals surface area contributed by atoms with Crippen molar-refractivity contribution in [1.29, 1.82) is 0 Å². The Morgan fingerprint density at radius 2 is 2.20 bits per heavy atom. The third-order valence-corrected chi connectivity index (χ3v) is 4.17. The van der Waals surface area contributed by atoms with Crippen molar-refractivity contribution in [1.82, 2.24) is 9.78 Å². The molecule has 3 rings (SSSR count). The van der Waals surface area contributed by atoms with E-state index in [0.717, 1.165) is 35.7 Å². The lowest BCUT2D eigenvalue weighted by Crippen LogP contribution is -2.08. The highest BCUT2D eigenvalue weighted by Gasteiger charge is 2.20. The molecule has 0 atom stereocenters. The zero-order valence-electron chi connectivity index (χ0n) is 12.0. The molecule has 0 aliphatic carbocycles. The van der Waals surface area contributed by atoms with Crippen LogP contribution in [0.5, 0.6) is 0 Å². The Morgan fingerprint density at radius 3 is 2.95 bits per heavy atom. The van der Waals surface area contributed by atoms with E-state index in [0.29, 0.717) is 0 Å². The number of rotatable bonds is 2. The summed E-state index contributed by atoms with van der Waals surface area (Å²) >= 11 is 6.06. The van der Waals surface area contributed by atoms with Gasteiger partial charge in [0, 0.05) is 17.1 Å². The molecular weight excluding hydrogens is 270 g/mol. The Balaban J connectivity index is 2.16. The van der Waals surface area contributed by atoms with E-state index >= 15 is 0 Å². The topological polar surface area (TPSA) is 29.9 Å². The largest absolute Gasteiger partial charge is 0.370 e. The molecule has 2 heterocycles. The summed E-state index contributed by atoms with van der Waals surface area (Å²) in [6.07, 6.45) is 4.55. The van der Waals surface area contributed by atoms with Gasteiger partial charge in [0.2, 0.25) is 0 Å². The van der Waals surface area contributed by atoms with Gasteiger partial charge in [-0.2, -0.15) is 5.10 Å². The lowest BCUT2D eigenvalue weighted by molar-refractivity contribution is 0.764. The summed E-state index contributed by atoms with van der Waals surface area (Å²) in [5, 5.41) is 9.15. The number of benzene rings is 1. The first kappa shape index (κ1) is 13.5. The predicted octanol–water partition coefficient (Wildman–Crippen LogP) is 4.14. The van der Waals surface area contributed by atoms with E-state index in [-0.39, 0.29) is 0 Å². The summed E-state index contributed by atoms with van der Waals surface area (Å²) in [4.78, 5) is 0. The van der Waals surface area contributed by atoms with Gasteiger partial charge >= 0.3 is 0 Å². The van der Waals surface area contributed by atoms with Gasteiger partial charge in [0.1, 0.15) is 5.82 Å². The number of halogens is 1. The van der Waals surface area contributed by atoms with Crippen molar-refractivity contribution in [2.75, 3.05) is 11.9 Å². The number of hydrogen-bond acceptors (Lipinski definition) is 2. The molecule has 0 unspecified atom stereocenters. The van der Waals surface area contributed by atoms with Crippen molar-refractivity contribution in [3.63, 3.8) is 0 Å². The van der Waals surface area contributed by atoms with Crippen LogP contribution in [0.1, 0.15) is 36.6 Å². The van der Waals surface area contributed by atoms with Gasteiger partial charge in [0.25, 0.3) is 0 Å². The van der Waals surface area contributed by atoms with Crippen LogP contribution in [-0.4, -0.2) is 16.3 Å². The fourth-order valence-corrected chi connectivity index (χ4v) is 3.12. The van der Waals surface area contributed by atoms with Crippen molar-refractivity contribution >= 4 is 17.4 Å².